The summed E-state index contributed by atoms with van der Waals surface area (Å²) in [5.41, 5.74) is 0.228. The number of aliphatic imine (C=N–C) groups is 1. The van der Waals surface area contributed by atoms with Crippen LogP contribution in [0.15, 0.2) is 4.99 Å². The largest absolute Gasteiger partial charge is 0.360 e. The van der Waals surface area contributed by atoms with Crippen molar-refractivity contribution >= 4 is 16.9 Å². The Bertz CT molecular complexity index is 249. The van der Waals surface area contributed by atoms with Crippen molar-refractivity contribution < 1.29 is 0 Å². The molecule has 1 aliphatic heterocycles. The van der Waals surface area contributed by atoms with Crippen LogP contribution in [0.3, 0.4) is 0 Å². The van der Waals surface area contributed by atoms with E-state index in [2.05, 4.69) is 33.0 Å². The summed E-state index contributed by atoms with van der Waals surface area (Å²) in [5.74, 6) is 1.20. The molecule has 0 aromatic heterocycles. The average Bonchev–Trinajstić information content (AvgIpc) is 2.25. The van der Waals surface area contributed by atoms with Gasteiger partial charge in [-0.25, -0.2) is 0 Å². The van der Waals surface area contributed by atoms with Crippen LogP contribution in [0, 0.1) is 0 Å². The molecule has 1 rings (SSSR count). The highest BCUT2D eigenvalue weighted by atomic mass is 32.2. The zero-order valence-corrected chi connectivity index (χ0v) is 12.7. The monoisotopic (exact) mass is 256 g/mol. The van der Waals surface area contributed by atoms with Crippen molar-refractivity contribution in [3.05, 3.63) is 0 Å². The summed E-state index contributed by atoms with van der Waals surface area (Å²) in [7, 11) is 0. The van der Waals surface area contributed by atoms with Gasteiger partial charge < -0.3 is 5.32 Å². The fourth-order valence-electron chi connectivity index (χ4n) is 2.07. The summed E-state index contributed by atoms with van der Waals surface area (Å²) in [6, 6.07) is 0.531. The Morgan fingerprint density at radius 3 is 2.65 bits per heavy atom. The molecule has 0 radical (unpaired) electrons. The third-order valence-corrected chi connectivity index (χ3v) is 4.11. The third kappa shape index (κ3) is 5.80. The Morgan fingerprint density at radius 1 is 1.29 bits per heavy atom. The van der Waals surface area contributed by atoms with Crippen molar-refractivity contribution in [2.24, 2.45) is 4.99 Å². The summed E-state index contributed by atoms with van der Waals surface area (Å²) >= 11 is 1.89. The van der Waals surface area contributed by atoms with Crippen LogP contribution in [-0.4, -0.2) is 22.5 Å². The Balaban J connectivity index is 2.55. The molecule has 3 heteroatoms. The molecule has 0 aromatic rings. The molecule has 1 heterocycles. The molecule has 1 fully saturated rings. The molecule has 1 N–H and O–H groups in total. The molecular formula is C14H28N2S. The summed E-state index contributed by atoms with van der Waals surface area (Å²) in [5, 5.41) is 4.75. The van der Waals surface area contributed by atoms with Crippen LogP contribution in [0.2, 0.25) is 0 Å². The maximum Gasteiger partial charge on any atom is 0.157 e. The molecule has 1 saturated heterocycles. The number of nitrogens with zero attached hydrogens (tertiary/aromatic N) is 1. The zero-order chi connectivity index (χ0) is 12.7. The summed E-state index contributed by atoms with van der Waals surface area (Å²) < 4.78 is 0. The molecule has 0 bridgehead atoms. The molecule has 0 saturated carbocycles. The minimum atomic E-state index is 0.228. The minimum Gasteiger partial charge on any atom is -0.360 e. The van der Waals surface area contributed by atoms with Crippen LogP contribution >= 0.6 is 11.8 Å². The summed E-state index contributed by atoms with van der Waals surface area (Å²) in [6.45, 7) is 9.05. The Kier molecular flexibility index (Phi) is 6.39. The van der Waals surface area contributed by atoms with Crippen LogP contribution in [0.1, 0.15) is 66.2 Å². The van der Waals surface area contributed by atoms with Gasteiger partial charge in [0.05, 0.1) is 6.04 Å². The molecule has 2 nitrogen and oxygen atoms in total. The first-order chi connectivity index (χ1) is 8.07. The lowest BCUT2D eigenvalue weighted by Gasteiger charge is -2.33. The Hall–Kier alpha value is -0.180. The molecule has 1 unspecified atom stereocenters. The molecular weight excluding hydrogens is 228 g/mol. The van der Waals surface area contributed by atoms with Gasteiger partial charge in [0, 0.05) is 11.3 Å². The van der Waals surface area contributed by atoms with Crippen LogP contribution in [0.25, 0.3) is 0 Å². The zero-order valence-electron chi connectivity index (χ0n) is 11.9. The predicted molar refractivity (Wildman–Crippen MR) is 79.9 cm³/mol. The molecule has 0 amide bonds. The fraction of sp³-hybridized carbons (Fsp3) is 0.929. The lowest BCUT2D eigenvalue weighted by molar-refractivity contribution is 0.443. The van der Waals surface area contributed by atoms with Gasteiger partial charge in [0.15, 0.2) is 5.17 Å². The van der Waals surface area contributed by atoms with Crippen LogP contribution in [0.4, 0.5) is 0 Å². The van der Waals surface area contributed by atoms with Crippen molar-refractivity contribution in [3.63, 3.8) is 0 Å². The van der Waals surface area contributed by atoms with Crippen LogP contribution in [0.5, 0.6) is 0 Å². The van der Waals surface area contributed by atoms with Gasteiger partial charge in [-0.3, -0.25) is 4.99 Å². The van der Waals surface area contributed by atoms with Crippen LogP contribution in [-0.2, 0) is 0 Å². The van der Waals surface area contributed by atoms with E-state index in [0.29, 0.717) is 6.04 Å². The van der Waals surface area contributed by atoms with Crippen LogP contribution < -0.4 is 5.32 Å². The van der Waals surface area contributed by atoms with E-state index in [1.54, 1.807) is 0 Å². The van der Waals surface area contributed by atoms with Crippen molar-refractivity contribution in [1.29, 1.82) is 0 Å². The van der Waals surface area contributed by atoms with E-state index in [4.69, 9.17) is 4.99 Å². The number of hydrogen-bond donors (Lipinski definition) is 1. The van der Waals surface area contributed by atoms with E-state index < -0.39 is 0 Å². The topological polar surface area (TPSA) is 24.4 Å². The van der Waals surface area contributed by atoms with Crippen molar-refractivity contribution in [1.82, 2.24) is 5.32 Å². The summed E-state index contributed by atoms with van der Waals surface area (Å²) in [6.07, 6.45) is 7.51. The van der Waals surface area contributed by atoms with Crippen molar-refractivity contribution in [2.45, 2.75) is 77.8 Å². The highest BCUT2D eigenvalue weighted by molar-refractivity contribution is 8.13. The highest BCUT2D eigenvalue weighted by Crippen LogP contribution is 2.23. The number of amidine groups is 1. The van der Waals surface area contributed by atoms with Gasteiger partial charge in [-0.05, 0) is 33.1 Å². The lowest BCUT2D eigenvalue weighted by Crippen LogP contribution is -2.46. The van der Waals surface area contributed by atoms with Crippen molar-refractivity contribution in [3.8, 4) is 0 Å². The normalized spacial score (nSPS) is 23.4. The van der Waals surface area contributed by atoms with Gasteiger partial charge in [-0.2, -0.15) is 0 Å². The van der Waals surface area contributed by atoms with Gasteiger partial charge in [0.2, 0.25) is 0 Å². The first kappa shape index (κ1) is 14.9. The van der Waals surface area contributed by atoms with Gasteiger partial charge >= 0.3 is 0 Å². The molecule has 0 spiro atoms. The number of thioether (sulfide) groups is 1. The molecule has 0 aromatic carbocycles. The average molecular weight is 256 g/mol. The molecule has 0 aliphatic carbocycles. The van der Waals surface area contributed by atoms with Gasteiger partial charge in [0.25, 0.3) is 0 Å². The maximum absolute atomic E-state index is 4.93. The number of unbranched alkanes of at least 4 members (excludes halogenated alkanes) is 1. The van der Waals surface area contributed by atoms with E-state index in [9.17, 15) is 0 Å². The minimum absolute atomic E-state index is 0.228. The van der Waals surface area contributed by atoms with Gasteiger partial charge in [0.1, 0.15) is 0 Å². The fourth-order valence-corrected chi connectivity index (χ4v) is 3.45. The Labute approximate surface area is 111 Å². The molecule has 17 heavy (non-hydrogen) atoms. The summed E-state index contributed by atoms with van der Waals surface area (Å²) in [4.78, 5) is 4.93. The number of hydrogen-bond acceptors (Lipinski definition) is 2. The smallest absolute Gasteiger partial charge is 0.157 e. The quantitative estimate of drug-likeness (QED) is 0.770. The second-order valence-electron chi connectivity index (χ2n) is 5.63. The third-order valence-electron chi connectivity index (χ3n) is 3.22. The van der Waals surface area contributed by atoms with Gasteiger partial charge in [-0.1, -0.05) is 44.9 Å². The maximum atomic E-state index is 4.93. The van der Waals surface area contributed by atoms with Gasteiger partial charge in [-0.15, -0.1) is 0 Å². The second kappa shape index (κ2) is 7.30. The second-order valence-corrected chi connectivity index (χ2v) is 6.71. The molecule has 1 aliphatic rings. The first-order valence-corrected chi connectivity index (χ1v) is 8.04. The van der Waals surface area contributed by atoms with Crippen molar-refractivity contribution in [2.75, 3.05) is 5.75 Å². The highest BCUT2D eigenvalue weighted by Gasteiger charge is 2.24. The van der Waals surface area contributed by atoms with E-state index >= 15 is 0 Å². The number of nitrogens with one attached hydrogen (secondary N) is 1. The lowest BCUT2D eigenvalue weighted by atomic mass is 10.0. The van der Waals surface area contributed by atoms with E-state index in [-0.39, 0.29) is 5.54 Å². The first-order valence-electron chi connectivity index (χ1n) is 7.06. The SMILES string of the molecule is CCCCC(CCC)N=C1NC(C)(C)CCS1. The molecule has 1 atom stereocenters. The standard InChI is InChI=1S/C14H28N2S/c1-5-7-9-12(8-6-2)15-13-16-14(3,4)10-11-17-13/h12H,5-11H2,1-4H3,(H,15,16). The molecule has 100 valence electrons. The predicted octanol–water partition coefficient (Wildman–Crippen LogP) is 4.21. The number of rotatable bonds is 6. The Morgan fingerprint density at radius 2 is 2.06 bits per heavy atom. The van der Waals surface area contributed by atoms with E-state index in [1.807, 2.05) is 11.8 Å². The van der Waals surface area contributed by atoms with E-state index in [1.165, 1.54) is 49.4 Å². The van der Waals surface area contributed by atoms with E-state index in [0.717, 1.165) is 0 Å².